The molecule has 0 amide bonds. The zero-order chi connectivity index (χ0) is 26.9. The van der Waals surface area contributed by atoms with Crippen molar-refractivity contribution in [3.63, 3.8) is 0 Å². The summed E-state index contributed by atoms with van der Waals surface area (Å²) in [6.45, 7) is 24.5. The third kappa shape index (κ3) is 6.34. The number of hydrogen-bond acceptors (Lipinski definition) is 4. The molecule has 0 unspecified atom stereocenters. The Balaban J connectivity index is 3.12. The second kappa shape index (κ2) is 10.6. The van der Waals surface area contributed by atoms with Crippen LogP contribution in [0.3, 0.4) is 0 Å². The van der Waals surface area contributed by atoms with Crippen molar-refractivity contribution in [2.45, 2.75) is 113 Å². The fraction of sp³-hybridized carbons (Fsp3) is 0.548. The lowest BCUT2D eigenvalue weighted by molar-refractivity contribution is -0.134. The van der Waals surface area contributed by atoms with Gasteiger partial charge >= 0.3 is 11.9 Å². The molecule has 35 heavy (non-hydrogen) atoms. The van der Waals surface area contributed by atoms with E-state index in [-0.39, 0.29) is 22.8 Å². The van der Waals surface area contributed by atoms with Gasteiger partial charge in [0.15, 0.2) is 0 Å². The SMILES string of the molecule is CCCCC(=O)Oc1c(C(C)(C)C)cc(C)c(C)c1-c1c(C)c(C)cc(C(C)(C)C)c1OC(C)=O. The summed E-state index contributed by atoms with van der Waals surface area (Å²) < 4.78 is 12.2. The zero-order valence-corrected chi connectivity index (χ0v) is 23.9. The molecule has 0 aromatic heterocycles. The van der Waals surface area contributed by atoms with Crippen LogP contribution in [0, 0.1) is 27.7 Å². The number of benzene rings is 2. The van der Waals surface area contributed by atoms with Crippen LogP contribution in [0.4, 0.5) is 0 Å². The first-order valence-corrected chi connectivity index (χ1v) is 12.7. The van der Waals surface area contributed by atoms with E-state index in [1.54, 1.807) is 0 Å². The van der Waals surface area contributed by atoms with E-state index < -0.39 is 0 Å². The summed E-state index contributed by atoms with van der Waals surface area (Å²) in [5.41, 5.74) is 7.28. The highest BCUT2D eigenvalue weighted by Gasteiger charge is 2.32. The predicted octanol–water partition coefficient (Wildman–Crippen LogP) is 8.20. The van der Waals surface area contributed by atoms with Crippen LogP contribution in [-0.2, 0) is 20.4 Å². The summed E-state index contributed by atoms with van der Waals surface area (Å²) in [6, 6.07) is 4.24. The first kappa shape index (κ1) is 28.6. The molecule has 0 fully saturated rings. The molecule has 192 valence electrons. The van der Waals surface area contributed by atoms with Crippen molar-refractivity contribution in [1.82, 2.24) is 0 Å². The van der Waals surface area contributed by atoms with Gasteiger partial charge in [-0.25, -0.2) is 0 Å². The molecule has 0 radical (unpaired) electrons. The normalized spacial score (nSPS) is 12.0. The lowest BCUT2D eigenvalue weighted by atomic mass is 9.77. The number of carbonyl (C=O) groups is 2. The van der Waals surface area contributed by atoms with Crippen LogP contribution in [0.5, 0.6) is 11.5 Å². The van der Waals surface area contributed by atoms with Crippen LogP contribution in [0.25, 0.3) is 11.1 Å². The molecule has 2 rings (SSSR count). The smallest absolute Gasteiger partial charge is 0.311 e. The number of esters is 2. The highest BCUT2D eigenvalue weighted by molar-refractivity contribution is 5.89. The highest BCUT2D eigenvalue weighted by Crippen LogP contribution is 2.50. The van der Waals surface area contributed by atoms with E-state index in [0.717, 1.165) is 57.3 Å². The molecule has 0 atom stereocenters. The Bertz CT molecular complexity index is 1120. The van der Waals surface area contributed by atoms with Gasteiger partial charge in [-0.05, 0) is 67.2 Å². The lowest BCUT2D eigenvalue weighted by Crippen LogP contribution is -2.20. The van der Waals surface area contributed by atoms with Crippen molar-refractivity contribution >= 4 is 11.9 Å². The minimum Gasteiger partial charge on any atom is -0.426 e. The van der Waals surface area contributed by atoms with Crippen molar-refractivity contribution in [3.05, 3.63) is 45.5 Å². The molecule has 0 aliphatic carbocycles. The Morgan fingerprint density at radius 1 is 0.743 bits per heavy atom. The Labute approximate surface area is 212 Å². The zero-order valence-electron chi connectivity index (χ0n) is 23.9. The second-order valence-electron chi connectivity index (χ2n) is 11.8. The molecule has 0 bridgehead atoms. The molecule has 0 spiro atoms. The van der Waals surface area contributed by atoms with Gasteiger partial charge in [-0.15, -0.1) is 0 Å². The summed E-state index contributed by atoms with van der Waals surface area (Å²) in [5, 5.41) is 0. The Hall–Kier alpha value is -2.62. The standard InChI is InChI=1S/C31H44O4/c1-13-14-15-25(33)35-29-24(31(10,11)12)17-19(3)21(5)27(29)26-20(4)18(2)16-23(30(7,8)9)28(26)34-22(6)32/h16-17H,13-15H2,1-12H3. The summed E-state index contributed by atoms with van der Waals surface area (Å²) >= 11 is 0. The maximum Gasteiger partial charge on any atom is 0.311 e. The molecule has 0 saturated carbocycles. The molecule has 2 aromatic carbocycles. The van der Waals surface area contributed by atoms with E-state index in [0.29, 0.717) is 17.9 Å². The maximum atomic E-state index is 13.0. The average Bonchev–Trinajstić information content (AvgIpc) is 2.71. The van der Waals surface area contributed by atoms with Gasteiger partial charge in [0.25, 0.3) is 0 Å². The third-order valence-electron chi connectivity index (χ3n) is 6.66. The van der Waals surface area contributed by atoms with Crippen molar-refractivity contribution in [2.75, 3.05) is 0 Å². The van der Waals surface area contributed by atoms with E-state index in [2.05, 4.69) is 81.4 Å². The van der Waals surface area contributed by atoms with Crippen molar-refractivity contribution < 1.29 is 19.1 Å². The predicted molar refractivity (Wildman–Crippen MR) is 145 cm³/mol. The van der Waals surface area contributed by atoms with Gasteiger partial charge in [0, 0.05) is 35.6 Å². The van der Waals surface area contributed by atoms with Crippen molar-refractivity contribution in [3.8, 4) is 22.6 Å². The van der Waals surface area contributed by atoms with Gasteiger partial charge in [0.2, 0.25) is 0 Å². The molecule has 0 aliphatic rings. The minimum absolute atomic E-state index is 0.239. The molecule has 0 saturated heterocycles. The van der Waals surface area contributed by atoms with Crippen molar-refractivity contribution in [1.29, 1.82) is 0 Å². The summed E-state index contributed by atoms with van der Waals surface area (Å²) in [5.74, 6) is 0.510. The highest BCUT2D eigenvalue weighted by atomic mass is 16.5. The molecule has 0 N–H and O–H groups in total. The second-order valence-corrected chi connectivity index (χ2v) is 11.8. The fourth-order valence-electron chi connectivity index (χ4n) is 4.34. The molecule has 0 heterocycles. The monoisotopic (exact) mass is 480 g/mol. The fourth-order valence-corrected chi connectivity index (χ4v) is 4.34. The van der Waals surface area contributed by atoms with Crippen molar-refractivity contribution in [2.24, 2.45) is 0 Å². The van der Waals surface area contributed by atoms with E-state index in [4.69, 9.17) is 9.47 Å². The maximum absolute atomic E-state index is 13.0. The van der Waals surface area contributed by atoms with Crippen LogP contribution in [0.15, 0.2) is 12.1 Å². The molecule has 2 aromatic rings. The minimum atomic E-state index is -0.372. The summed E-state index contributed by atoms with van der Waals surface area (Å²) in [7, 11) is 0. The topological polar surface area (TPSA) is 52.6 Å². The first-order chi connectivity index (χ1) is 16.0. The molecular weight excluding hydrogens is 436 g/mol. The van der Waals surface area contributed by atoms with Gasteiger partial charge in [-0.1, -0.05) is 67.0 Å². The van der Waals surface area contributed by atoms with Crippen LogP contribution in [-0.4, -0.2) is 11.9 Å². The van der Waals surface area contributed by atoms with E-state index in [9.17, 15) is 9.59 Å². The number of unbranched alkanes of at least 4 members (excludes halogenated alkanes) is 1. The molecule has 4 heteroatoms. The summed E-state index contributed by atoms with van der Waals surface area (Å²) in [4.78, 5) is 25.3. The average molecular weight is 481 g/mol. The Kier molecular flexibility index (Phi) is 8.63. The van der Waals surface area contributed by atoms with Gasteiger partial charge in [-0.3, -0.25) is 9.59 Å². The number of ether oxygens (including phenoxy) is 2. The third-order valence-corrected chi connectivity index (χ3v) is 6.66. The molecule has 4 nitrogen and oxygen atoms in total. The molecular formula is C31H44O4. The number of carbonyl (C=O) groups excluding carboxylic acids is 2. The van der Waals surface area contributed by atoms with Gasteiger partial charge in [0.05, 0.1) is 0 Å². The number of aryl methyl sites for hydroxylation is 2. The lowest BCUT2D eigenvalue weighted by Gasteiger charge is -2.30. The number of rotatable bonds is 6. The largest absolute Gasteiger partial charge is 0.426 e. The van der Waals surface area contributed by atoms with Gasteiger partial charge in [0.1, 0.15) is 11.5 Å². The van der Waals surface area contributed by atoms with E-state index >= 15 is 0 Å². The molecule has 0 aliphatic heterocycles. The van der Waals surface area contributed by atoms with E-state index in [1.165, 1.54) is 6.92 Å². The summed E-state index contributed by atoms with van der Waals surface area (Å²) in [6.07, 6.45) is 2.06. The van der Waals surface area contributed by atoms with Crippen LogP contribution >= 0.6 is 0 Å². The van der Waals surface area contributed by atoms with Gasteiger partial charge < -0.3 is 9.47 Å². The Morgan fingerprint density at radius 2 is 1.14 bits per heavy atom. The van der Waals surface area contributed by atoms with Crippen LogP contribution < -0.4 is 9.47 Å². The van der Waals surface area contributed by atoms with E-state index in [1.807, 2.05) is 6.92 Å². The Morgan fingerprint density at radius 3 is 1.49 bits per heavy atom. The van der Waals surface area contributed by atoms with Crippen LogP contribution in [0.2, 0.25) is 0 Å². The van der Waals surface area contributed by atoms with Crippen LogP contribution in [0.1, 0.15) is 108 Å². The van der Waals surface area contributed by atoms with Gasteiger partial charge in [-0.2, -0.15) is 0 Å². The quantitative estimate of drug-likeness (QED) is 0.309. The number of hydrogen-bond donors (Lipinski definition) is 0. The first-order valence-electron chi connectivity index (χ1n) is 12.7.